The Morgan fingerprint density at radius 3 is 2.15 bits per heavy atom. The number of fused-ring (bicyclic) bond motifs is 1. The van der Waals surface area contributed by atoms with Crippen molar-refractivity contribution in [2.75, 3.05) is 36.2 Å². The topological polar surface area (TPSA) is 159 Å². The molecule has 270 valence electrons. The summed E-state index contributed by atoms with van der Waals surface area (Å²) in [6.07, 6.45) is 2.79. The van der Waals surface area contributed by atoms with Crippen LogP contribution in [0.15, 0.2) is 124 Å². The molecule has 0 unspecified atom stereocenters. The Balaban J connectivity index is 1.21. The minimum atomic E-state index is -1.36. The van der Waals surface area contributed by atoms with E-state index in [1.165, 1.54) is 28.1 Å². The van der Waals surface area contributed by atoms with Gasteiger partial charge < -0.3 is 20.6 Å². The van der Waals surface area contributed by atoms with E-state index in [1.54, 1.807) is 0 Å². The van der Waals surface area contributed by atoms with Crippen LogP contribution < -0.4 is 10.6 Å². The predicted molar refractivity (Wildman–Crippen MR) is 200 cm³/mol. The molecule has 0 bridgehead atoms. The van der Waals surface area contributed by atoms with Crippen LogP contribution >= 0.6 is 23.1 Å². The monoisotopic (exact) mass is 752 g/mol. The van der Waals surface area contributed by atoms with E-state index in [-0.39, 0.29) is 40.4 Å². The number of aliphatic carboxylic acids is 1. The number of aromatic nitrogens is 1. The van der Waals surface area contributed by atoms with Crippen molar-refractivity contribution in [3.8, 4) is 0 Å². The maximum Gasteiger partial charge on any atom is 0.352 e. The summed E-state index contributed by atoms with van der Waals surface area (Å²) in [6, 6.07) is 27.2. The zero-order valence-electron chi connectivity index (χ0n) is 28.1. The summed E-state index contributed by atoms with van der Waals surface area (Å²) >= 11 is 2.32. The summed E-state index contributed by atoms with van der Waals surface area (Å²) in [5.41, 5.74) is 7.29. The number of benzene rings is 3. The summed E-state index contributed by atoms with van der Waals surface area (Å²) < 4.78 is 12.9. The number of likely N-dealkylation sites (tertiary alicyclic amines) is 1. The number of anilines is 2. The van der Waals surface area contributed by atoms with Gasteiger partial charge in [0.2, 0.25) is 11.5 Å². The molecule has 0 radical (unpaired) electrons. The van der Waals surface area contributed by atoms with Crippen LogP contribution in [0.2, 0.25) is 0 Å². The van der Waals surface area contributed by atoms with Gasteiger partial charge in [-0.3, -0.25) is 24.2 Å². The van der Waals surface area contributed by atoms with Gasteiger partial charge >= 0.3 is 5.97 Å². The number of hydrogen-bond acceptors (Lipinski definition) is 10. The van der Waals surface area contributed by atoms with Crippen molar-refractivity contribution in [3.05, 3.63) is 136 Å². The first kappa shape index (κ1) is 35.6. The molecular weight excluding hydrogens is 720 g/mol. The number of amides is 3. The Kier molecular flexibility index (Phi) is 10.1. The van der Waals surface area contributed by atoms with E-state index in [2.05, 4.69) is 10.1 Å². The van der Waals surface area contributed by atoms with Crippen LogP contribution in [0, 0.1) is 0 Å². The lowest BCUT2D eigenvalue weighted by Gasteiger charge is -2.52. The highest BCUT2D eigenvalue weighted by Gasteiger charge is 2.57. The number of carbonyl (C=O) groups excluding carboxylic acids is 3. The molecule has 2 saturated heterocycles. The number of thiazole rings is 1. The third kappa shape index (κ3) is 6.57. The Morgan fingerprint density at radius 2 is 1.62 bits per heavy atom. The molecule has 0 aliphatic carbocycles. The molecule has 3 N–H and O–H groups in total. The average Bonchev–Trinajstić information content (AvgIpc) is 3.77. The summed E-state index contributed by atoms with van der Waals surface area (Å²) in [6.45, 7) is -0.407. The normalized spacial score (nSPS) is 19.5. The van der Waals surface area contributed by atoms with Gasteiger partial charge in [-0.05, 0) is 18.1 Å². The lowest BCUT2D eigenvalue weighted by Crippen LogP contribution is -2.71. The molecule has 0 spiro atoms. The van der Waals surface area contributed by atoms with Gasteiger partial charge in [-0.2, -0.15) is 0 Å². The molecule has 1 aromatic heterocycles. The van der Waals surface area contributed by atoms with Gasteiger partial charge in [0.25, 0.3) is 11.8 Å². The summed E-state index contributed by atoms with van der Waals surface area (Å²) in [5.74, 6) is -2.89. The van der Waals surface area contributed by atoms with Gasteiger partial charge in [0.05, 0.1) is 0 Å². The smallest absolute Gasteiger partial charge is 0.352 e. The van der Waals surface area contributed by atoms with Crippen LogP contribution in [0.3, 0.4) is 0 Å². The van der Waals surface area contributed by atoms with Crippen molar-refractivity contribution in [2.45, 2.75) is 23.4 Å². The van der Waals surface area contributed by atoms with Crippen LogP contribution in [0.5, 0.6) is 0 Å². The Morgan fingerprint density at radius 1 is 1.02 bits per heavy atom. The van der Waals surface area contributed by atoms with Crippen molar-refractivity contribution in [3.63, 3.8) is 0 Å². The lowest BCUT2D eigenvalue weighted by molar-refractivity contribution is -0.148. The number of carbonyl (C=O) groups is 4. The van der Waals surface area contributed by atoms with Gasteiger partial charge in [0.1, 0.15) is 35.8 Å². The maximum atomic E-state index is 14.2. The molecule has 7 rings (SSSR count). The van der Waals surface area contributed by atoms with Gasteiger partial charge in [0.15, 0.2) is 5.13 Å². The molecule has 2 atom stereocenters. The van der Waals surface area contributed by atoms with Crippen LogP contribution in [0.4, 0.5) is 15.3 Å². The molecule has 4 aromatic rings. The standard InChI is InChI=1S/C38H33FN6O6S2/c39-17-19-43-18-16-24(33(43)47)20-25-22-52-35-32(34(48)45(35)31(25)36(49)50)44(29-23-53-37(40)42-29)30(46)21-41-51-38(26-10-4-1-5-11-26,27-12-6-2-7-13-27)28-14-8-3-9-15-28/h1-15,20-21,23,32,35H,16-19,22H2,(H2,40,42)(H,49,50)/b24-20+,41-21-/t32-,35-/m1/s1. The molecule has 4 heterocycles. The Hall–Kier alpha value is -5.80. The molecule has 15 heteroatoms. The Labute approximate surface area is 312 Å². The van der Waals surface area contributed by atoms with Gasteiger partial charge in [0, 0.05) is 46.5 Å². The Bertz CT molecular complexity index is 2030. The third-order valence-corrected chi connectivity index (χ3v) is 11.2. The molecule has 0 saturated carbocycles. The molecular formula is C38H33FN6O6S2. The molecule has 3 aliphatic rings. The fourth-order valence-electron chi connectivity index (χ4n) is 6.84. The lowest BCUT2D eigenvalue weighted by atomic mass is 9.80. The molecule has 3 aromatic carbocycles. The van der Waals surface area contributed by atoms with Gasteiger partial charge in [-0.1, -0.05) is 96.2 Å². The molecule has 53 heavy (non-hydrogen) atoms. The number of alkyl halides is 1. The van der Waals surface area contributed by atoms with Crippen LogP contribution in [0.25, 0.3) is 0 Å². The highest BCUT2D eigenvalue weighted by molar-refractivity contribution is 8.00. The molecule has 12 nitrogen and oxygen atoms in total. The zero-order chi connectivity index (χ0) is 37.1. The van der Waals surface area contributed by atoms with E-state index in [0.29, 0.717) is 18.5 Å². The number of nitrogens with two attached hydrogens (primary N) is 1. The number of nitrogens with zero attached hydrogens (tertiary/aromatic N) is 5. The van der Waals surface area contributed by atoms with Gasteiger partial charge in [-0.25, -0.2) is 14.2 Å². The number of allylic oxidation sites excluding steroid dienone is 1. The van der Waals surface area contributed by atoms with Crippen molar-refractivity contribution in [2.24, 2.45) is 5.16 Å². The minimum absolute atomic E-state index is 0.0464. The quantitative estimate of drug-likeness (QED) is 0.0682. The number of oxime groups is 1. The number of halogens is 1. The van der Waals surface area contributed by atoms with Crippen LogP contribution in [-0.2, 0) is 29.6 Å². The zero-order valence-corrected chi connectivity index (χ0v) is 29.7. The highest BCUT2D eigenvalue weighted by atomic mass is 32.2. The number of β-lactam (4-membered cyclic amide) rings is 1. The van der Waals surface area contributed by atoms with Crippen molar-refractivity contribution in [1.29, 1.82) is 0 Å². The second kappa shape index (κ2) is 15.0. The number of carboxylic acids is 1. The van der Waals surface area contributed by atoms with Crippen molar-refractivity contribution in [1.82, 2.24) is 14.8 Å². The second-order valence-electron chi connectivity index (χ2n) is 12.3. The maximum absolute atomic E-state index is 14.2. The first-order valence-corrected chi connectivity index (χ1v) is 18.6. The number of hydrogen-bond donors (Lipinski definition) is 2. The minimum Gasteiger partial charge on any atom is -0.477 e. The van der Waals surface area contributed by atoms with Crippen LogP contribution in [0.1, 0.15) is 23.1 Å². The third-order valence-electron chi connectivity index (χ3n) is 9.25. The fraction of sp³-hybridized carbons (Fsp3) is 0.211. The van der Waals surface area contributed by atoms with E-state index in [1.807, 2.05) is 91.0 Å². The van der Waals surface area contributed by atoms with E-state index < -0.39 is 41.5 Å². The first-order chi connectivity index (χ1) is 25.7. The first-order valence-electron chi connectivity index (χ1n) is 16.6. The SMILES string of the molecule is Nc1nc(N(C(=O)/C=N\OC(c2ccccc2)(c2ccccc2)c2ccccc2)[C@@H]2C(=O)N3C(C(=O)O)=C(/C=C4\CCN(CCF)C4=O)CS[C@H]23)cs1. The summed E-state index contributed by atoms with van der Waals surface area (Å²) in [4.78, 5) is 67.9. The van der Waals surface area contributed by atoms with E-state index in [4.69, 9.17) is 10.6 Å². The van der Waals surface area contributed by atoms with E-state index in [9.17, 15) is 28.7 Å². The molecule has 3 amide bonds. The van der Waals surface area contributed by atoms with Crippen LogP contribution in [-0.4, -0.2) is 86.7 Å². The van der Waals surface area contributed by atoms with Crippen molar-refractivity contribution >= 4 is 64.0 Å². The average molecular weight is 753 g/mol. The van der Waals surface area contributed by atoms with Gasteiger partial charge in [-0.15, -0.1) is 23.1 Å². The van der Waals surface area contributed by atoms with Crippen molar-refractivity contribution < 1.29 is 33.5 Å². The number of thioether (sulfide) groups is 1. The number of nitrogen functional groups attached to an aromatic ring is 1. The number of carboxylic acid groups (broad SMARTS) is 1. The largest absolute Gasteiger partial charge is 0.477 e. The highest BCUT2D eigenvalue weighted by Crippen LogP contribution is 2.45. The predicted octanol–water partition coefficient (Wildman–Crippen LogP) is 4.80. The molecule has 3 aliphatic heterocycles. The fourth-order valence-corrected chi connectivity index (χ4v) is 8.72. The van der Waals surface area contributed by atoms with E-state index >= 15 is 0 Å². The summed E-state index contributed by atoms with van der Waals surface area (Å²) in [7, 11) is 0. The second-order valence-corrected chi connectivity index (χ2v) is 14.3. The molecule has 2 fully saturated rings. The number of rotatable bonds is 12. The summed E-state index contributed by atoms with van der Waals surface area (Å²) in [5, 5.41) is 15.4. The van der Waals surface area contributed by atoms with E-state index in [0.717, 1.165) is 44.0 Å².